The highest BCUT2D eigenvalue weighted by Gasteiger charge is 2.41. The number of nitrogens with zero attached hydrogens (tertiary/aromatic N) is 3. The van der Waals surface area contributed by atoms with Crippen LogP contribution in [-0.2, 0) is 16.5 Å². The Balaban J connectivity index is 2.45. The number of hydrogen-bond donors (Lipinski definition) is 0. The molecule has 1 saturated carbocycles. The first-order valence-electron chi connectivity index (χ1n) is 6.17. The number of carbonyl (C=O) groups excluding carboxylic acids is 1. The number of alkyl halides is 3. The van der Waals surface area contributed by atoms with Crippen molar-refractivity contribution in [2.75, 3.05) is 0 Å². The zero-order valence-electron chi connectivity index (χ0n) is 10.5. The molecule has 4 nitrogen and oxygen atoms in total. The molecule has 0 saturated heterocycles. The average molecular weight is 283 g/mol. The topological polar surface area (TPSA) is 65.8 Å². The van der Waals surface area contributed by atoms with Gasteiger partial charge in [0.05, 0.1) is 5.56 Å². The molecule has 0 N–H and O–H groups in total. The van der Waals surface area contributed by atoms with Gasteiger partial charge in [-0.25, -0.2) is 0 Å². The summed E-state index contributed by atoms with van der Waals surface area (Å²) in [6, 6.07) is 4.26. The predicted octanol–water partition coefficient (Wildman–Crippen LogP) is 4.35. The largest absolute Gasteiger partial charge is 0.416 e. The molecule has 106 valence electrons. The van der Waals surface area contributed by atoms with E-state index in [0.717, 1.165) is 12.1 Å². The Morgan fingerprint density at radius 1 is 1.20 bits per heavy atom. The van der Waals surface area contributed by atoms with Gasteiger partial charge in [-0.15, -0.1) is 0 Å². The quantitative estimate of drug-likeness (QED) is 0.452. The zero-order chi connectivity index (χ0) is 14.8. The normalized spacial score (nSPS) is 23.2. The fraction of sp³-hybridized carbons (Fsp3) is 0.462. The van der Waals surface area contributed by atoms with Crippen LogP contribution in [0.4, 0.5) is 13.2 Å². The summed E-state index contributed by atoms with van der Waals surface area (Å²) >= 11 is 0. The number of benzene rings is 1. The molecule has 0 bridgehead atoms. The highest BCUT2D eigenvalue weighted by Crippen LogP contribution is 2.39. The third-order valence-corrected chi connectivity index (χ3v) is 3.56. The van der Waals surface area contributed by atoms with Crippen LogP contribution in [0.1, 0.15) is 36.8 Å². The number of halogens is 3. The van der Waals surface area contributed by atoms with E-state index in [1.165, 1.54) is 12.1 Å². The van der Waals surface area contributed by atoms with E-state index in [2.05, 4.69) is 10.0 Å². The molecule has 1 unspecified atom stereocenters. The smallest absolute Gasteiger partial charge is 0.299 e. The van der Waals surface area contributed by atoms with Crippen molar-refractivity contribution >= 4 is 5.78 Å². The van der Waals surface area contributed by atoms with Crippen LogP contribution in [0.2, 0.25) is 0 Å². The molecule has 20 heavy (non-hydrogen) atoms. The Bertz CT molecular complexity index is 561. The minimum atomic E-state index is -4.43. The first kappa shape index (κ1) is 14.4. The van der Waals surface area contributed by atoms with Gasteiger partial charge in [0.2, 0.25) is 0 Å². The van der Waals surface area contributed by atoms with E-state index in [-0.39, 0.29) is 12.2 Å². The molecule has 2 rings (SSSR count). The van der Waals surface area contributed by atoms with Gasteiger partial charge in [0.15, 0.2) is 0 Å². The summed E-state index contributed by atoms with van der Waals surface area (Å²) in [6.07, 6.45) is -2.41. The van der Waals surface area contributed by atoms with Gasteiger partial charge in [0.25, 0.3) is 0 Å². The van der Waals surface area contributed by atoms with Crippen molar-refractivity contribution in [3.8, 4) is 0 Å². The summed E-state index contributed by atoms with van der Waals surface area (Å²) in [5.41, 5.74) is 6.86. The monoisotopic (exact) mass is 283 g/mol. The molecular formula is C13H12F3N3O. The maximum Gasteiger partial charge on any atom is 0.416 e. The molecule has 1 atom stereocenters. The van der Waals surface area contributed by atoms with Crippen molar-refractivity contribution < 1.29 is 18.0 Å². The van der Waals surface area contributed by atoms with E-state index in [0.29, 0.717) is 24.8 Å². The van der Waals surface area contributed by atoms with Crippen molar-refractivity contribution in [3.63, 3.8) is 0 Å². The lowest BCUT2D eigenvalue weighted by atomic mass is 9.76. The first-order valence-corrected chi connectivity index (χ1v) is 6.17. The second kappa shape index (κ2) is 5.17. The highest BCUT2D eigenvalue weighted by molar-refractivity contribution is 5.90. The van der Waals surface area contributed by atoms with Crippen molar-refractivity contribution in [2.45, 2.75) is 37.4 Å². The molecule has 0 aromatic heterocycles. The molecular weight excluding hydrogens is 271 g/mol. The van der Waals surface area contributed by atoms with E-state index >= 15 is 0 Å². The minimum absolute atomic E-state index is 0.235. The third-order valence-electron chi connectivity index (χ3n) is 3.56. The van der Waals surface area contributed by atoms with Gasteiger partial charge >= 0.3 is 6.18 Å². The molecule has 1 aliphatic rings. The maximum absolute atomic E-state index is 12.5. The number of rotatable bonds is 2. The average Bonchev–Trinajstić information content (AvgIpc) is 2.41. The summed E-state index contributed by atoms with van der Waals surface area (Å²) in [6.45, 7) is 0. The molecule has 0 amide bonds. The predicted molar refractivity (Wildman–Crippen MR) is 65.7 cm³/mol. The third kappa shape index (κ3) is 2.49. The van der Waals surface area contributed by atoms with Gasteiger partial charge in [0.1, 0.15) is 11.3 Å². The van der Waals surface area contributed by atoms with Gasteiger partial charge in [0, 0.05) is 11.3 Å². The summed E-state index contributed by atoms with van der Waals surface area (Å²) < 4.78 is 37.6. The molecule has 1 aliphatic carbocycles. The lowest BCUT2D eigenvalue weighted by Gasteiger charge is -2.31. The summed E-state index contributed by atoms with van der Waals surface area (Å²) in [7, 11) is 0. The van der Waals surface area contributed by atoms with Crippen molar-refractivity contribution in [2.24, 2.45) is 5.11 Å². The molecule has 0 heterocycles. The fourth-order valence-corrected chi connectivity index (χ4v) is 2.49. The van der Waals surface area contributed by atoms with Crippen molar-refractivity contribution in [1.82, 2.24) is 0 Å². The second-order valence-corrected chi connectivity index (χ2v) is 4.76. The standard InChI is InChI=1S/C13H12F3N3O/c14-13(15,16)10-6-4-9(5-7-10)12(18-19-17)8-2-1-3-11(12)20/h4-7H,1-3,8H2. The maximum atomic E-state index is 12.5. The molecule has 0 radical (unpaired) electrons. The van der Waals surface area contributed by atoms with Gasteiger partial charge in [-0.3, -0.25) is 4.79 Å². The lowest BCUT2D eigenvalue weighted by Crippen LogP contribution is -2.36. The highest BCUT2D eigenvalue weighted by atomic mass is 19.4. The second-order valence-electron chi connectivity index (χ2n) is 4.76. The summed E-state index contributed by atoms with van der Waals surface area (Å²) in [4.78, 5) is 14.8. The molecule has 0 spiro atoms. The molecule has 7 heteroatoms. The van der Waals surface area contributed by atoms with Crippen LogP contribution in [-0.4, -0.2) is 5.78 Å². The van der Waals surface area contributed by atoms with Crippen LogP contribution >= 0.6 is 0 Å². The van der Waals surface area contributed by atoms with E-state index in [4.69, 9.17) is 5.53 Å². The van der Waals surface area contributed by atoms with E-state index in [1.54, 1.807) is 0 Å². The summed E-state index contributed by atoms with van der Waals surface area (Å²) in [5, 5.41) is 3.61. The summed E-state index contributed by atoms with van der Waals surface area (Å²) in [5.74, 6) is -0.235. The van der Waals surface area contributed by atoms with Crippen molar-refractivity contribution in [3.05, 3.63) is 45.8 Å². The van der Waals surface area contributed by atoms with Gasteiger partial charge in [-0.1, -0.05) is 23.7 Å². The van der Waals surface area contributed by atoms with Crippen LogP contribution in [0.25, 0.3) is 10.4 Å². The van der Waals surface area contributed by atoms with E-state index in [9.17, 15) is 18.0 Å². The van der Waals surface area contributed by atoms with E-state index in [1.807, 2.05) is 0 Å². The number of azide groups is 1. The first-order chi connectivity index (χ1) is 9.40. The Morgan fingerprint density at radius 3 is 2.35 bits per heavy atom. The van der Waals surface area contributed by atoms with Crippen LogP contribution in [0, 0.1) is 0 Å². The van der Waals surface area contributed by atoms with E-state index < -0.39 is 17.3 Å². The minimum Gasteiger partial charge on any atom is -0.299 e. The number of Topliss-reactive ketones (excluding diaryl/α,β-unsaturated/α-hetero) is 1. The molecule has 1 aromatic carbocycles. The Kier molecular flexibility index (Phi) is 3.72. The van der Waals surface area contributed by atoms with Crippen LogP contribution in [0.3, 0.4) is 0 Å². The van der Waals surface area contributed by atoms with Gasteiger partial charge in [-0.05, 0) is 36.1 Å². The lowest BCUT2D eigenvalue weighted by molar-refractivity contribution is -0.137. The fourth-order valence-electron chi connectivity index (χ4n) is 2.49. The van der Waals surface area contributed by atoms with Crippen LogP contribution < -0.4 is 0 Å². The number of ketones is 1. The molecule has 0 aliphatic heterocycles. The Morgan fingerprint density at radius 2 is 1.85 bits per heavy atom. The van der Waals surface area contributed by atoms with Crippen LogP contribution in [0.5, 0.6) is 0 Å². The Hall–Kier alpha value is -2.01. The van der Waals surface area contributed by atoms with Crippen molar-refractivity contribution in [1.29, 1.82) is 0 Å². The zero-order valence-corrected chi connectivity index (χ0v) is 10.5. The molecule has 1 aromatic rings. The molecule has 1 fully saturated rings. The van der Waals surface area contributed by atoms with Gasteiger partial charge < -0.3 is 0 Å². The Labute approximate surface area is 113 Å². The van der Waals surface area contributed by atoms with Gasteiger partial charge in [-0.2, -0.15) is 13.2 Å². The number of carbonyl (C=O) groups is 1. The van der Waals surface area contributed by atoms with Crippen LogP contribution in [0.15, 0.2) is 29.4 Å². The SMILES string of the molecule is [N-]=[N+]=NC1(c2ccc(C(F)(F)F)cc2)CCCCC1=O. The number of hydrogen-bond acceptors (Lipinski definition) is 2.